The zero-order valence-electron chi connectivity index (χ0n) is 20.7. The number of aromatic nitrogens is 2. The van der Waals surface area contributed by atoms with Crippen LogP contribution in [-0.2, 0) is 17.8 Å². The lowest BCUT2D eigenvalue weighted by Crippen LogP contribution is -2.43. The van der Waals surface area contributed by atoms with Crippen LogP contribution < -0.4 is 10.2 Å². The number of rotatable bonds is 8. The predicted molar refractivity (Wildman–Crippen MR) is 143 cm³/mol. The topological polar surface area (TPSA) is 50.2 Å². The molecule has 5 nitrogen and oxygen atoms in total. The van der Waals surface area contributed by atoms with E-state index in [0.717, 1.165) is 61.3 Å². The summed E-state index contributed by atoms with van der Waals surface area (Å²) >= 11 is 0. The Hall–Kier alpha value is -3.67. The van der Waals surface area contributed by atoms with Gasteiger partial charge in [-0.25, -0.2) is 9.37 Å². The average molecular weight is 485 g/mol. The lowest BCUT2D eigenvalue weighted by atomic mass is 9.95. The number of nitrogens with zero attached hydrogens (tertiary/aromatic N) is 3. The van der Waals surface area contributed by atoms with E-state index in [-0.39, 0.29) is 23.7 Å². The lowest BCUT2D eigenvalue weighted by Gasteiger charge is -2.33. The van der Waals surface area contributed by atoms with E-state index in [4.69, 9.17) is 4.98 Å². The van der Waals surface area contributed by atoms with Crippen molar-refractivity contribution < 1.29 is 9.18 Å². The molecule has 2 heterocycles. The standard InChI is InChI=1S/C30H33FN4O/c1-22(14-15-23-8-3-2-4-9-23)32-29(36)25-16-18-34(19-17-25)30-33-27-12-5-6-13-28(27)35(30)21-24-10-7-11-26(31)20-24/h2-13,20,22,25H,14-19,21H2,1H3,(H,32,36)/t22-/m1/s1. The van der Waals surface area contributed by atoms with Crippen molar-refractivity contribution in [3.8, 4) is 0 Å². The van der Waals surface area contributed by atoms with Crippen molar-refractivity contribution in [3.05, 3.63) is 95.8 Å². The zero-order valence-corrected chi connectivity index (χ0v) is 20.7. The van der Waals surface area contributed by atoms with Crippen molar-refractivity contribution in [3.63, 3.8) is 0 Å². The van der Waals surface area contributed by atoms with Gasteiger partial charge < -0.3 is 14.8 Å². The predicted octanol–water partition coefficient (Wildman–Crippen LogP) is 5.58. The molecule has 3 aromatic carbocycles. The highest BCUT2D eigenvalue weighted by Gasteiger charge is 2.28. The van der Waals surface area contributed by atoms with Crippen LogP contribution in [0.1, 0.15) is 37.3 Å². The highest BCUT2D eigenvalue weighted by atomic mass is 19.1. The molecule has 5 rings (SSSR count). The second kappa shape index (κ2) is 10.9. The Kier molecular flexibility index (Phi) is 7.31. The monoisotopic (exact) mass is 484 g/mol. The Morgan fingerprint density at radius 3 is 2.50 bits per heavy atom. The molecule has 0 bridgehead atoms. The number of fused-ring (bicyclic) bond motifs is 1. The summed E-state index contributed by atoms with van der Waals surface area (Å²) in [6.45, 7) is 4.17. The maximum atomic E-state index is 13.8. The fraction of sp³-hybridized carbons (Fsp3) is 0.333. The minimum absolute atomic E-state index is 0.0153. The molecule has 0 saturated carbocycles. The maximum Gasteiger partial charge on any atom is 0.223 e. The number of piperidine rings is 1. The minimum atomic E-state index is -0.233. The number of carbonyl (C=O) groups is 1. The number of para-hydroxylation sites is 2. The summed E-state index contributed by atoms with van der Waals surface area (Å²) in [4.78, 5) is 20.1. The molecule has 6 heteroatoms. The van der Waals surface area contributed by atoms with Crippen LogP contribution in [0.5, 0.6) is 0 Å². The van der Waals surface area contributed by atoms with E-state index in [0.29, 0.717) is 6.54 Å². The second-order valence-electron chi connectivity index (χ2n) is 9.81. The van der Waals surface area contributed by atoms with Crippen LogP contribution in [0.15, 0.2) is 78.9 Å². The highest BCUT2D eigenvalue weighted by molar-refractivity contribution is 5.80. The van der Waals surface area contributed by atoms with Crippen LogP contribution in [0.3, 0.4) is 0 Å². The molecule has 1 N–H and O–H groups in total. The molecule has 36 heavy (non-hydrogen) atoms. The number of benzene rings is 3. The number of carbonyl (C=O) groups excluding carboxylic acids is 1. The van der Waals surface area contributed by atoms with Gasteiger partial charge in [0, 0.05) is 25.0 Å². The Balaban J connectivity index is 1.22. The van der Waals surface area contributed by atoms with Gasteiger partial charge in [0.1, 0.15) is 5.82 Å². The van der Waals surface area contributed by atoms with Crippen molar-refractivity contribution in [1.29, 1.82) is 0 Å². The SMILES string of the molecule is C[C@H](CCc1ccccc1)NC(=O)C1CCN(c2nc3ccccc3n2Cc2cccc(F)c2)CC1. The first-order valence-electron chi connectivity index (χ1n) is 12.9. The number of halogens is 1. The molecule has 1 amide bonds. The summed E-state index contributed by atoms with van der Waals surface area (Å²) in [5, 5.41) is 3.23. The molecule has 1 atom stereocenters. The van der Waals surface area contributed by atoms with Gasteiger partial charge in [-0.05, 0) is 68.0 Å². The van der Waals surface area contributed by atoms with E-state index in [1.54, 1.807) is 12.1 Å². The van der Waals surface area contributed by atoms with Gasteiger partial charge in [-0.3, -0.25) is 4.79 Å². The summed E-state index contributed by atoms with van der Waals surface area (Å²) in [7, 11) is 0. The van der Waals surface area contributed by atoms with Gasteiger partial charge in [-0.2, -0.15) is 0 Å². The Morgan fingerprint density at radius 2 is 1.72 bits per heavy atom. The Labute approximate surface area is 212 Å². The second-order valence-corrected chi connectivity index (χ2v) is 9.81. The van der Waals surface area contributed by atoms with Gasteiger partial charge in [-0.1, -0.05) is 54.6 Å². The first-order valence-corrected chi connectivity index (χ1v) is 12.9. The quantitative estimate of drug-likeness (QED) is 0.355. The first kappa shape index (κ1) is 24.0. The number of anilines is 1. The third-order valence-electron chi connectivity index (χ3n) is 7.11. The summed E-state index contributed by atoms with van der Waals surface area (Å²) in [6, 6.07) is 25.3. The van der Waals surface area contributed by atoms with Crippen molar-refractivity contribution in [1.82, 2.24) is 14.9 Å². The summed E-state index contributed by atoms with van der Waals surface area (Å²) in [6.07, 6.45) is 3.47. The van der Waals surface area contributed by atoms with E-state index in [2.05, 4.69) is 52.0 Å². The van der Waals surface area contributed by atoms with Crippen LogP contribution in [0, 0.1) is 11.7 Å². The molecule has 1 aliphatic rings. The Bertz CT molecular complexity index is 1310. The van der Waals surface area contributed by atoms with E-state index in [1.807, 2.05) is 30.3 Å². The minimum Gasteiger partial charge on any atom is -0.353 e. The maximum absolute atomic E-state index is 13.8. The van der Waals surface area contributed by atoms with Crippen LogP contribution in [0.25, 0.3) is 11.0 Å². The molecule has 186 valence electrons. The number of hydrogen-bond donors (Lipinski definition) is 1. The molecule has 0 radical (unpaired) electrons. The molecule has 0 spiro atoms. The van der Waals surface area contributed by atoms with E-state index in [1.165, 1.54) is 11.6 Å². The largest absolute Gasteiger partial charge is 0.353 e. The van der Waals surface area contributed by atoms with Gasteiger partial charge >= 0.3 is 0 Å². The normalized spacial score (nSPS) is 15.2. The van der Waals surface area contributed by atoms with Crippen molar-refractivity contribution >= 4 is 22.9 Å². The van der Waals surface area contributed by atoms with Crippen LogP contribution in [0.2, 0.25) is 0 Å². The molecule has 4 aromatic rings. The summed E-state index contributed by atoms with van der Waals surface area (Å²) < 4.78 is 16.0. The fourth-order valence-electron chi connectivity index (χ4n) is 5.08. The van der Waals surface area contributed by atoms with Gasteiger partial charge in [-0.15, -0.1) is 0 Å². The number of amides is 1. The Morgan fingerprint density at radius 1 is 1.00 bits per heavy atom. The molecule has 1 aromatic heterocycles. The van der Waals surface area contributed by atoms with Crippen molar-refractivity contribution in [2.24, 2.45) is 5.92 Å². The smallest absolute Gasteiger partial charge is 0.223 e. The number of aryl methyl sites for hydroxylation is 1. The molecule has 1 aliphatic heterocycles. The first-order chi connectivity index (χ1) is 17.6. The van der Waals surface area contributed by atoms with Gasteiger partial charge in [0.15, 0.2) is 0 Å². The molecule has 0 unspecified atom stereocenters. The third kappa shape index (κ3) is 5.59. The highest BCUT2D eigenvalue weighted by Crippen LogP contribution is 2.28. The number of imidazole rings is 1. The van der Waals surface area contributed by atoms with Crippen molar-refractivity contribution in [2.45, 2.75) is 45.2 Å². The number of hydrogen-bond acceptors (Lipinski definition) is 3. The fourth-order valence-corrected chi connectivity index (χ4v) is 5.08. The van der Waals surface area contributed by atoms with Crippen LogP contribution in [0.4, 0.5) is 10.3 Å². The van der Waals surface area contributed by atoms with Crippen LogP contribution in [-0.4, -0.2) is 34.6 Å². The lowest BCUT2D eigenvalue weighted by molar-refractivity contribution is -0.126. The van der Waals surface area contributed by atoms with Gasteiger partial charge in [0.05, 0.1) is 17.6 Å². The summed E-state index contributed by atoms with van der Waals surface area (Å²) in [5.41, 5.74) is 4.16. The van der Waals surface area contributed by atoms with Crippen molar-refractivity contribution in [2.75, 3.05) is 18.0 Å². The van der Waals surface area contributed by atoms with E-state index in [9.17, 15) is 9.18 Å². The van der Waals surface area contributed by atoms with Gasteiger partial charge in [0.2, 0.25) is 11.9 Å². The van der Waals surface area contributed by atoms with Crippen LogP contribution >= 0.6 is 0 Å². The van der Waals surface area contributed by atoms with E-state index >= 15 is 0 Å². The molecule has 1 fully saturated rings. The van der Waals surface area contributed by atoms with E-state index < -0.39 is 0 Å². The van der Waals surface area contributed by atoms with Gasteiger partial charge in [0.25, 0.3) is 0 Å². The molecular weight excluding hydrogens is 451 g/mol. The summed E-state index contributed by atoms with van der Waals surface area (Å²) in [5.74, 6) is 0.823. The average Bonchev–Trinajstić information content (AvgIpc) is 3.26. The third-order valence-corrected chi connectivity index (χ3v) is 7.11. The molecular formula is C30H33FN4O. The number of nitrogens with one attached hydrogen (secondary N) is 1. The zero-order chi connectivity index (χ0) is 24.9. The molecule has 0 aliphatic carbocycles. The molecule has 1 saturated heterocycles.